The van der Waals surface area contributed by atoms with E-state index < -0.39 is 40.9 Å². The van der Waals surface area contributed by atoms with E-state index in [1.54, 1.807) is 20.2 Å². The number of esters is 1. The highest BCUT2D eigenvalue weighted by Crippen LogP contribution is 2.41. The molecule has 0 radical (unpaired) electrons. The Hall–Kier alpha value is -5.98. The topological polar surface area (TPSA) is 157 Å². The minimum Gasteiger partial charge on any atom is -0.504 e. The number of carbonyl (C=O) groups is 2. The van der Waals surface area contributed by atoms with Gasteiger partial charge in [0.05, 0.1) is 7.11 Å². The quantitative estimate of drug-likeness (QED) is 0.0905. The number of halogens is 2. The van der Waals surface area contributed by atoms with Crippen molar-refractivity contribution in [2.45, 2.75) is 0 Å². The van der Waals surface area contributed by atoms with Gasteiger partial charge in [-0.05, 0) is 60.2 Å². The van der Waals surface area contributed by atoms with Gasteiger partial charge >= 0.3 is 5.97 Å². The van der Waals surface area contributed by atoms with Gasteiger partial charge in [0.25, 0.3) is 17.7 Å². The van der Waals surface area contributed by atoms with Gasteiger partial charge < -0.3 is 34.7 Å². The molecule has 0 bridgehead atoms. The number of amidine groups is 1. The molecule has 0 saturated carbocycles. The summed E-state index contributed by atoms with van der Waals surface area (Å²) in [4.78, 5) is 29.1. The number of aromatic nitrogens is 1. The fourth-order valence-corrected chi connectivity index (χ4v) is 3.67. The molecule has 4 aromatic rings. The number of pyridine rings is 1. The molecule has 226 valence electrons. The fraction of sp³-hybridized carbons (Fsp3) is 0.0968. The Morgan fingerprint density at radius 3 is 2.23 bits per heavy atom. The molecule has 1 heterocycles. The van der Waals surface area contributed by atoms with Gasteiger partial charge in [-0.2, -0.15) is 13.8 Å². The van der Waals surface area contributed by atoms with Crippen molar-refractivity contribution < 1.29 is 42.4 Å². The smallest absolute Gasteiger partial charge is 0.330 e. The molecule has 1 amide bonds. The first-order chi connectivity index (χ1) is 21.0. The molecular formula is C31H26F2N4O7. The maximum absolute atomic E-state index is 15.8. The molecule has 0 atom stereocenters. The van der Waals surface area contributed by atoms with E-state index in [1.165, 1.54) is 72.7 Å². The highest BCUT2D eigenvalue weighted by molar-refractivity contribution is 5.95. The van der Waals surface area contributed by atoms with Crippen LogP contribution in [0.2, 0.25) is 0 Å². The van der Waals surface area contributed by atoms with Gasteiger partial charge in [0.1, 0.15) is 17.3 Å². The summed E-state index contributed by atoms with van der Waals surface area (Å²) in [7, 11) is 4.33. The van der Waals surface area contributed by atoms with E-state index in [0.717, 1.165) is 12.1 Å². The van der Waals surface area contributed by atoms with Crippen LogP contribution in [-0.2, 0) is 9.53 Å². The Morgan fingerprint density at radius 2 is 1.57 bits per heavy atom. The second kappa shape index (κ2) is 13.3. The number of benzene rings is 3. The van der Waals surface area contributed by atoms with Crippen LogP contribution in [0.25, 0.3) is 6.08 Å². The number of nitrogens with one attached hydrogen (secondary N) is 1. The zero-order valence-corrected chi connectivity index (χ0v) is 23.6. The molecule has 0 fully saturated rings. The van der Waals surface area contributed by atoms with Crippen molar-refractivity contribution in [2.24, 2.45) is 5.73 Å². The van der Waals surface area contributed by atoms with Gasteiger partial charge in [0.2, 0.25) is 17.4 Å². The van der Waals surface area contributed by atoms with Gasteiger partial charge in [-0.3, -0.25) is 10.2 Å². The summed E-state index contributed by atoms with van der Waals surface area (Å²) in [6.07, 6.45) is 2.56. The zero-order valence-electron chi connectivity index (χ0n) is 23.6. The lowest BCUT2D eigenvalue weighted by Gasteiger charge is -2.16. The number of phenolic OH excluding ortho intramolecular Hbond substituents is 1. The van der Waals surface area contributed by atoms with Crippen molar-refractivity contribution in [3.8, 4) is 40.5 Å². The van der Waals surface area contributed by atoms with E-state index in [2.05, 4.69) is 9.72 Å². The summed E-state index contributed by atoms with van der Waals surface area (Å²) in [5.74, 6) is -7.51. The summed E-state index contributed by atoms with van der Waals surface area (Å²) < 4.78 is 52.9. The molecule has 11 nitrogen and oxygen atoms in total. The minimum atomic E-state index is -1.39. The predicted molar refractivity (Wildman–Crippen MR) is 155 cm³/mol. The third-order valence-corrected chi connectivity index (χ3v) is 5.85. The number of carbonyl (C=O) groups excluding carboxylic acids is 2. The van der Waals surface area contributed by atoms with Crippen LogP contribution < -0.4 is 19.9 Å². The van der Waals surface area contributed by atoms with Crippen molar-refractivity contribution >= 4 is 23.8 Å². The monoisotopic (exact) mass is 604 g/mol. The van der Waals surface area contributed by atoms with E-state index in [0.29, 0.717) is 5.56 Å². The van der Waals surface area contributed by atoms with Crippen LogP contribution in [0.3, 0.4) is 0 Å². The molecule has 0 saturated heterocycles. The van der Waals surface area contributed by atoms with E-state index >= 15 is 8.78 Å². The number of rotatable bonds is 10. The number of ether oxygens (including phenoxy) is 4. The highest BCUT2D eigenvalue weighted by atomic mass is 19.1. The van der Waals surface area contributed by atoms with Gasteiger partial charge in [-0.1, -0.05) is 18.2 Å². The van der Waals surface area contributed by atoms with Gasteiger partial charge in [0, 0.05) is 31.3 Å². The first-order valence-corrected chi connectivity index (χ1v) is 12.7. The number of methoxy groups -OCH3 is 1. The van der Waals surface area contributed by atoms with Crippen LogP contribution in [-0.4, -0.2) is 53.9 Å². The largest absolute Gasteiger partial charge is 0.504 e. The number of hydrogen-bond donors (Lipinski definition) is 3. The average Bonchev–Trinajstić information content (AvgIpc) is 3.01. The van der Waals surface area contributed by atoms with Gasteiger partial charge in [0.15, 0.2) is 11.5 Å². The predicted octanol–water partition coefficient (Wildman–Crippen LogP) is 5.61. The van der Waals surface area contributed by atoms with E-state index in [1.807, 2.05) is 0 Å². The van der Waals surface area contributed by atoms with Gasteiger partial charge in [-0.25, -0.2) is 4.79 Å². The highest BCUT2D eigenvalue weighted by Gasteiger charge is 2.27. The number of hydrogen-bond acceptors (Lipinski definition) is 9. The maximum Gasteiger partial charge on any atom is 0.330 e. The molecule has 44 heavy (non-hydrogen) atoms. The van der Waals surface area contributed by atoms with Gasteiger partial charge in [-0.15, -0.1) is 0 Å². The Bertz CT molecular complexity index is 1780. The molecule has 13 heteroatoms. The number of nitrogen functional groups attached to an aromatic ring is 1. The molecular weight excluding hydrogens is 578 g/mol. The lowest BCUT2D eigenvalue weighted by Crippen LogP contribution is -2.21. The van der Waals surface area contributed by atoms with Crippen LogP contribution in [0.15, 0.2) is 72.8 Å². The Kier molecular flexibility index (Phi) is 9.38. The number of nitrogens with zero attached hydrogens (tertiary/aromatic N) is 2. The van der Waals surface area contributed by atoms with Crippen LogP contribution in [0.1, 0.15) is 21.5 Å². The summed E-state index contributed by atoms with van der Waals surface area (Å²) in [5, 5.41) is 17.9. The molecule has 0 aliphatic rings. The standard InChI is InChI=1S/C31H26F2N4O7/c1-37(2)31(40)19-7-5-9-21(15-19)43-29-25(32)27(42-20-8-4-6-17(14-20)10-13-24(39)41-3)26(33)30(36-29)44-23-16-18(28(34)35)11-12-22(23)38/h4-16,38H,1-3H3,(H3,34,35)/b13-10+. The first-order valence-electron chi connectivity index (χ1n) is 12.7. The zero-order chi connectivity index (χ0) is 32.0. The van der Waals surface area contributed by atoms with Crippen LogP contribution >= 0.6 is 0 Å². The summed E-state index contributed by atoms with van der Waals surface area (Å²) in [6, 6.07) is 15.4. The summed E-state index contributed by atoms with van der Waals surface area (Å²) in [6.45, 7) is 0. The normalized spacial score (nSPS) is 10.8. The van der Waals surface area contributed by atoms with E-state index in [9.17, 15) is 14.7 Å². The number of aromatic hydroxyl groups is 1. The molecule has 0 spiro atoms. The lowest BCUT2D eigenvalue weighted by atomic mass is 10.2. The first kappa shape index (κ1) is 31.0. The summed E-state index contributed by atoms with van der Waals surface area (Å²) >= 11 is 0. The van der Waals surface area contributed by atoms with Crippen molar-refractivity contribution in [1.29, 1.82) is 5.41 Å². The summed E-state index contributed by atoms with van der Waals surface area (Å²) in [5.41, 5.74) is 6.34. The van der Waals surface area contributed by atoms with E-state index in [4.69, 9.17) is 25.4 Å². The van der Waals surface area contributed by atoms with Crippen molar-refractivity contribution in [1.82, 2.24) is 9.88 Å². The molecule has 0 aliphatic heterocycles. The second-order valence-corrected chi connectivity index (χ2v) is 9.24. The number of phenols is 1. The molecule has 0 aliphatic carbocycles. The lowest BCUT2D eigenvalue weighted by molar-refractivity contribution is -0.134. The fourth-order valence-electron chi connectivity index (χ4n) is 3.67. The number of nitrogens with two attached hydrogens (primary N) is 1. The van der Waals surface area contributed by atoms with Crippen molar-refractivity contribution in [3.63, 3.8) is 0 Å². The molecule has 3 aromatic carbocycles. The Morgan fingerprint density at radius 1 is 0.909 bits per heavy atom. The average molecular weight is 605 g/mol. The molecule has 1 aromatic heterocycles. The van der Waals surface area contributed by atoms with Crippen LogP contribution in [0, 0.1) is 17.0 Å². The van der Waals surface area contributed by atoms with Crippen LogP contribution in [0.4, 0.5) is 8.78 Å². The Labute approximate surface area is 250 Å². The van der Waals surface area contributed by atoms with Crippen LogP contribution in [0.5, 0.6) is 40.5 Å². The third-order valence-electron chi connectivity index (χ3n) is 5.85. The number of amides is 1. The molecule has 4 N–H and O–H groups in total. The molecule has 4 rings (SSSR count). The van der Waals surface area contributed by atoms with Crippen molar-refractivity contribution in [2.75, 3.05) is 21.2 Å². The molecule has 0 unspecified atom stereocenters. The van der Waals surface area contributed by atoms with Crippen molar-refractivity contribution in [3.05, 3.63) is 101 Å². The van der Waals surface area contributed by atoms with E-state index in [-0.39, 0.29) is 40.1 Å². The third kappa shape index (κ3) is 7.26. The minimum absolute atomic E-state index is 0.0102. The second-order valence-electron chi connectivity index (χ2n) is 9.24. The SMILES string of the molecule is COC(=O)/C=C/c1cccc(Oc2c(F)c(Oc3cccc(C(=O)N(C)C)c3)nc(Oc3cc(C(=N)N)ccc3O)c2F)c1. The Balaban J connectivity index is 1.80. The maximum atomic E-state index is 15.8.